The van der Waals surface area contributed by atoms with Gasteiger partial charge in [-0.3, -0.25) is 15.0 Å². The average Bonchev–Trinajstić information content (AvgIpc) is 3.11. The SMILES string of the molecule is COc1cc(/C=C2\SC(=S)N(NC(=O)c3ccc(Cl)cc3)C2=O)cc(I)c1OCc1ccc(C)cc1. The number of benzene rings is 3. The van der Waals surface area contributed by atoms with Crippen LogP contribution in [0.25, 0.3) is 6.08 Å². The number of methoxy groups -OCH3 is 1. The number of nitrogens with one attached hydrogen (secondary N) is 1. The Labute approximate surface area is 237 Å². The summed E-state index contributed by atoms with van der Waals surface area (Å²) in [6.07, 6.45) is 1.71. The maximum Gasteiger partial charge on any atom is 0.285 e. The summed E-state index contributed by atoms with van der Waals surface area (Å²) in [6, 6.07) is 18.2. The van der Waals surface area contributed by atoms with Gasteiger partial charge in [0.2, 0.25) is 0 Å². The van der Waals surface area contributed by atoms with Gasteiger partial charge in [-0.25, -0.2) is 0 Å². The van der Waals surface area contributed by atoms with Crippen molar-refractivity contribution in [1.82, 2.24) is 10.4 Å². The first-order valence-corrected chi connectivity index (χ1v) is 13.3. The highest BCUT2D eigenvalue weighted by molar-refractivity contribution is 14.1. The third-order valence-corrected chi connectivity index (χ3v) is 7.52. The van der Waals surface area contributed by atoms with Crippen LogP contribution >= 0.6 is 58.2 Å². The maximum atomic E-state index is 13.0. The number of carbonyl (C=O) groups is 2. The number of ether oxygens (including phenoxy) is 2. The minimum Gasteiger partial charge on any atom is -0.493 e. The predicted octanol–water partition coefficient (Wildman–Crippen LogP) is 6.39. The molecule has 184 valence electrons. The van der Waals surface area contributed by atoms with Crippen LogP contribution in [0.15, 0.2) is 65.6 Å². The molecule has 0 aromatic heterocycles. The van der Waals surface area contributed by atoms with E-state index in [1.807, 2.05) is 37.3 Å². The summed E-state index contributed by atoms with van der Waals surface area (Å²) in [6.45, 7) is 2.44. The molecular weight excluding hydrogens is 631 g/mol. The predicted molar refractivity (Wildman–Crippen MR) is 155 cm³/mol. The van der Waals surface area contributed by atoms with Crippen molar-refractivity contribution in [2.24, 2.45) is 0 Å². The van der Waals surface area contributed by atoms with E-state index in [2.05, 4.69) is 28.0 Å². The molecule has 1 aliphatic heterocycles. The topological polar surface area (TPSA) is 67.9 Å². The number of hydrazine groups is 1. The van der Waals surface area contributed by atoms with Gasteiger partial charge in [-0.05, 0) is 95.3 Å². The molecular formula is C26H20ClIN2O4S2. The number of hydrogen-bond acceptors (Lipinski definition) is 6. The fraction of sp³-hybridized carbons (Fsp3) is 0.115. The Morgan fingerprint density at radius 1 is 1.17 bits per heavy atom. The summed E-state index contributed by atoms with van der Waals surface area (Å²) in [7, 11) is 1.57. The Kier molecular flexibility index (Phi) is 8.55. The number of carbonyl (C=O) groups excluding carboxylic acids is 2. The Morgan fingerprint density at radius 2 is 1.86 bits per heavy atom. The summed E-state index contributed by atoms with van der Waals surface area (Å²) < 4.78 is 12.7. The first-order valence-electron chi connectivity index (χ1n) is 10.7. The number of hydrogen-bond donors (Lipinski definition) is 1. The van der Waals surface area contributed by atoms with Crippen molar-refractivity contribution >= 4 is 80.4 Å². The van der Waals surface area contributed by atoms with Crippen molar-refractivity contribution in [3.05, 3.63) is 96.4 Å². The number of thioether (sulfide) groups is 1. The molecule has 1 heterocycles. The molecule has 4 rings (SSSR count). The van der Waals surface area contributed by atoms with Gasteiger partial charge in [-0.15, -0.1) is 0 Å². The standard InChI is InChI=1S/C26H20ClIN2O4S2/c1-15-3-5-16(6-4-15)14-34-23-20(28)11-17(12-21(23)33-2)13-22-25(32)30(26(35)36-22)29-24(31)18-7-9-19(27)10-8-18/h3-13H,14H2,1-2H3,(H,29,31)/b22-13-. The minimum atomic E-state index is -0.462. The molecule has 0 saturated carbocycles. The molecule has 36 heavy (non-hydrogen) atoms. The van der Waals surface area contributed by atoms with Crippen LogP contribution in [0.2, 0.25) is 5.02 Å². The van der Waals surface area contributed by atoms with Crippen molar-refractivity contribution in [2.45, 2.75) is 13.5 Å². The van der Waals surface area contributed by atoms with Crippen molar-refractivity contribution < 1.29 is 19.1 Å². The van der Waals surface area contributed by atoms with Crippen LogP contribution < -0.4 is 14.9 Å². The molecule has 10 heteroatoms. The van der Waals surface area contributed by atoms with E-state index in [1.165, 1.54) is 5.56 Å². The molecule has 0 radical (unpaired) electrons. The molecule has 1 N–H and O–H groups in total. The van der Waals surface area contributed by atoms with Gasteiger partial charge in [0.25, 0.3) is 11.8 Å². The molecule has 0 atom stereocenters. The van der Waals surface area contributed by atoms with Gasteiger partial charge in [0.15, 0.2) is 15.8 Å². The zero-order valence-corrected chi connectivity index (χ0v) is 23.8. The van der Waals surface area contributed by atoms with Gasteiger partial charge in [-0.1, -0.05) is 53.2 Å². The number of thiocarbonyl (C=S) groups is 1. The van der Waals surface area contributed by atoms with E-state index < -0.39 is 11.8 Å². The van der Waals surface area contributed by atoms with E-state index in [1.54, 1.807) is 43.5 Å². The number of nitrogens with zero attached hydrogens (tertiary/aromatic N) is 1. The zero-order chi connectivity index (χ0) is 25.8. The van der Waals surface area contributed by atoms with Crippen molar-refractivity contribution in [3.8, 4) is 11.5 Å². The highest BCUT2D eigenvalue weighted by Crippen LogP contribution is 2.37. The Morgan fingerprint density at radius 3 is 2.53 bits per heavy atom. The van der Waals surface area contributed by atoms with E-state index in [9.17, 15) is 9.59 Å². The molecule has 0 unspecified atom stereocenters. The van der Waals surface area contributed by atoms with Gasteiger partial charge in [-0.2, -0.15) is 5.01 Å². The molecule has 0 spiro atoms. The van der Waals surface area contributed by atoms with Crippen molar-refractivity contribution in [2.75, 3.05) is 7.11 Å². The fourth-order valence-electron chi connectivity index (χ4n) is 3.29. The fourth-order valence-corrected chi connectivity index (χ4v) is 5.37. The first kappa shape index (κ1) is 26.5. The summed E-state index contributed by atoms with van der Waals surface area (Å²) in [5.41, 5.74) is 5.89. The lowest BCUT2D eigenvalue weighted by Crippen LogP contribution is -2.44. The van der Waals surface area contributed by atoms with Gasteiger partial charge in [0.1, 0.15) is 6.61 Å². The van der Waals surface area contributed by atoms with Gasteiger partial charge < -0.3 is 9.47 Å². The molecule has 0 aliphatic carbocycles. The summed E-state index contributed by atoms with van der Waals surface area (Å²) in [4.78, 5) is 25.9. The molecule has 1 fully saturated rings. The second-order valence-corrected chi connectivity index (χ2v) is 11.0. The highest BCUT2D eigenvalue weighted by atomic mass is 127. The molecule has 3 aromatic carbocycles. The Bertz CT molecular complexity index is 1360. The lowest BCUT2D eigenvalue weighted by atomic mass is 10.1. The van der Waals surface area contributed by atoms with E-state index in [4.69, 9.17) is 33.3 Å². The molecule has 1 saturated heterocycles. The summed E-state index contributed by atoms with van der Waals surface area (Å²) in [5, 5.41) is 1.58. The van der Waals surface area contributed by atoms with Gasteiger partial charge in [0, 0.05) is 10.6 Å². The van der Waals surface area contributed by atoms with Crippen LogP contribution in [-0.4, -0.2) is 28.3 Å². The quantitative estimate of drug-likeness (QED) is 0.182. The third kappa shape index (κ3) is 6.20. The van der Waals surface area contributed by atoms with Crippen LogP contribution in [0.3, 0.4) is 0 Å². The lowest BCUT2D eigenvalue weighted by Gasteiger charge is -2.15. The van der Waals surface area contributed by atoms with E-state index in [0.29, 0.717) is 33.6 Å². The number of amides is 2. The van der Waals surface area contributed by atoms with Crippen LogP contribution in [-0.2, 0) is 11.4 Å². The molecule has 3 aromatic rings. The monoisotopic (exact) mass is 650 g/mol. The lowest BCUT2D eigenvalue weighted by molar-refractivity contribution is -0.123. The maximum absolute atomic E-state index is 13.0. The summed E-state index contributed by atoms with van der Waals surface area (Å²) >= 11 is 14.5. The second kappa shape index (κ2) is 11.6. The highest BCUT2D eigenvalue weighted by Gasteiger charge is 2.34. The van der Waals surface area contributed by atoms with Crippen molar-refractivity contribution in [1.29, 1.82) is 0 Å². The summed E-state index contributed by atoms with van der Waals surface area (Å²) in [5.74, 6) is 0.293. The van der Waals surface area contributed by atoms with Gasteiger partial charge in [0.05, 0.1) is 15.6 Å². The number of rotatable bonds is 7. The van der Waals surface area contributed by atoms with E-state index in [-0.39, 0.29) is 4.32 Å². The van der Waals surface area contributed by atoms with Crippen molar-refractivity contribution in [3.63, 3.8) is 0 Å². The second-order valence-electron chi connectivity index (χ2n) is 7.77. The number of halogens is 2. The average molecular weight is 651 g/mol. The third-order valence-electron chi connectivity index (χ3n) is 5.17. The van der Waals surface area contributed by atoms with E-state index in [0.717, 1.165) is 31.5 Å². The zero-order valence-electron chi connectivity index (χ0n) is 19.2. The van der Waals surface area contributed by atoms with Crippen LogP contribution in [0.1, 0.15) is 27.0 Å². The van der Waals surface area contributed by atoms with E-state index >= 15 is 0 Å². The number of aryl methyl sites for hydroxylation is 1. The molecule has 0 bridgehead atoms. The first-order chi connectivity index (χ1) is 17.2. The molecule has 6 nitrogen and oxygen atoms in total. The Hall–Kier alpha value is -2.60. The molecule has 1 aliphatic rings. The minimum absolute atomic E-state index is 0.230. The van der Waals surface area contributed by atoms with Crippen LogP contribution in [0.5, 0.6) is 11.5 Å². The van der Waals surface area contributed by atoms with Crippen LogP contribution in [0, 0.1) is 10.5 Å². The normalized spacial score (nSPS) is 14.3. The van der Waals surface area contributed by atoms with Crippen LogP contribution in [0.4, 0.5) is 0 Å². The molecule has 2 amide bonds. The smallest absolute Gasteiger partial charge is 0.285 e. The van der Waals surface area contributed by atoms with Gasteiger partial charge >= 0.3 is 0 Å². The Balaban J connectivity index is 1.50. The largest absolute Gasteiger partial charge is 0.493 e.